The number of halogens is 1. The summed E-state index contributed by atoms with van der Waals surface area (Å²) in [6, 6.07) is 0.274. The summed E-state index contributed by atoms with van der Waals surface area (Å²) >= 11 is 0. The van der Waals surface area contributed by atoms with Crippen LogP contribution in [0.5, 0.6) is 0 Å². The molecular formula is C18H35IN6O2. The molecule has 0 aliphatic carbocycles. The first-order chi connectivity index (χ1) is 12.3. The van der Waals surface area contributed by atoms with Gasteiger partial charge in [-0.05, 0) is 40.3 Å². The summed E-state index contributed by atoms with van der Waals surface area (Å²) in [7, 11) is 5.50. The lowest BCUT2D eigenvalue weighted by atomic mass is 10.1. The van der Waals surface area contributed by atoms with Crippen molar-refractivity contribution in [2.45, 2.75) is 38.8 Å². The van der Waals surface area contributed by atoms with Crippen molar-refractivity contribution in [2.24, 2.45) is 4.99 Å². The van der Waals surface area contributed by atoms with Gasteiger partial charge in [-0.1, -0.05) is 0 Å². The smallest absolute Gasteiger partial charge is 0.243 e. The van der Waals surface area contributed by atoms with Gasteiger partial charge in [-0.25, -0.2) is 4.99 Å². The molecule has 0 aromatic carbocycles. The maximum atomic E-state index is 12.7. The second kappa shape index (κ2) is 11.0. The summed E-state index contributed by atoms with van der Waals surface area (Å²) in [6.07, 6.45) is 2.06. The average molecular weight is 494 g/mol. The van der Waals surface area contributed by atoms with Crippen LogP contribution in [0.15, 0.2) is 4.99 Å². The van der Waals surface area contributed by atoms with Crippen LogP contribution in [0, 0.1) is 0 Å². The van der Waals surface area contributed by atoms with Crippen molar-refractivity contribution in [3.05, 3.63) is 0 Å². The second-order valence-corrected chi connectivity index (χ2v) is 7.68. The number of carbonyl (C=O) groups is 2. The van der Waals surface area contributed by atoms with E-state index in [1.165, 1.54) is 0 Å². The van der Waals surface area contributed by atoms with E-state index in [0.717, 1.165) is 38.4 Å². The maximum Gasteiger partial charge on any atom is 0.243 e. The van der Waals surface area contributed by atoms with Crippen molar-refractivity contribution >= 4 is 41.8 Å². The van der Waals surface area contributed by atoms with E-state index in [1.54, 1.807) is 19.0 Å². The van der Waals surface area contributed by atoms with E-state index in [0.29, 0.717) is 13.1 Å². The number of nitrogens with zero attached hydrogens (tertiary/aromatic N) is 5. The fourth-order valence-electron chi connectivity index (χ4n) is 3.35. The van der Waals surface area contributed by atoms with Gasteiger partial charge in [0, 0.05) is 46.3 Å². The van der Waals surface area contributed by atoms with E-state index in [4.69, 9.17) is 0 Å². The third-order valence-electron chi connectivity index (χ3n) is 4.98. The Kier molecular flexibility index (Phi) is 9.78. The van der Waals surface area contributed by atoms with Crippen molar-refractivity contribution in [1.29, 1.82) is 0 Å². The number of aliphatic imine (C=N–C) groups is 1. The first kappa shape index (κ1) is 23.9. The Balaban J connectivity index is 0.00000364. The standard InChI is InChI=1S/C18H34N6O2.HI/c1-14(2)20-18(19-13-16(25)21(3)4)24-11-9-23(10-12-24)17(26)15-7-6-8-22(15)5;/h14-15H,6-13H2,1-5H3,(H,19,20);1H. The monoisotopic (exact) mass is 494 g/mol. The van der Waals surface area contributed by atoms with Crippen molar-refractivity contribution < 1.29 is 9.59 Å². The highest BCUT2D eigenvalue weighted by Gasteiger charge is 2.33. The molecule has 2 rings (SSSR count). The SMILES string of the molecule is CC(C)NC(=NCC(=O)N(C)C)N1CCN(C(=O)C2CCCN2C)CC1.I. The van der Waals surface area contributed by atoms with Crippen LogP contribution in [-0.4, -0.2) is 110 Å². The van der Waals surface area contributed by atoms with Crippen LogP contribution in [0.3, 0.4) is 0 Å². The zero-order valence-corrected chi connectivity index (χ0v) is 19.6. The quantitative estimate of drug-likeness (QED) is 0.346. The third kappa shape index (κ3) is 6.78. The van der Waals surface area contributed by atoms with E-state index < -0.39 is 0 Å². The van der Waals surface area contributed by atoms with Crippen LogP contribution in [-0.2, 0) is 9.59 Å². The molecule has 2 fully saturated rings. The largest absolute Gasteiger partial charge is 0.354 e. The van der Waals surface area contributed by atoms with Gasteiger partial charge in [-0.2, -0.15) is 0 Å². The molecule has 9 heteroatoms. The molecule has 1 atom stereocenters. The lowest BCUT2D eigenvalue weighted by molar-refractivity contribution is -0.136. The summed E-state index contributed by atoms with van der Waals surface area (Å²) in [6.45, 7) is 8.11. The Morgan fingerprint density at radius 2 is 1.70 bits per heavy atom. The molecule has 0 saturated carbocycles. The Morgan fingerprint density at radius 1 is 1.11 bits per heavy atom. The highest BCUT2D eigenvalue weighted by atomic mass is 127. The molecule has 0 aromatic rings. The predicted octanol–water partition coefficient (Wildman–Crippen LogP) is 0.285. The minimum absolute atomic E-state index is 0. The van der Waals surface area contributed by atoms with E-state index in [1.807, 2.05) is 11.9 Å². The number of hydrogen-bond acceptors (Lipinski definition) is 4. The van der Waals surface area contributed by atoms with Gasteiger partial charge in [0.1, 0.15) is 6.54 Å². The van der Waals surface area contributed by atoms with E-state index in [2.05, 4.69) is 34.0 Å². The lowest BCUT2D eigenvalue weighted by Crippen LogP contribution is -2.57. The van der Waals surface area contributed by atoms with E-state index >= 15 is 0 Å². The molecule has 2 aliphatic rings. The molecule has 27 heavy (non-hydrogen) atoms. The molecule has 2 aliphatic heterocycles. The molecule has 156 valence electrons. The molecule has 0 spiro atoms. The van der Waals surface area contributed by atoms with Gasteiger partial charge in [0.15, 0.2) is 5.96 Å². The predicted molar refractivity (Wildman–Crippen MR) is 118 cm³/mol. The summed E-state index contributed by atoms with van der Waals surface area (Å²) in [5.41, 5.74) is 0. The Hall–Kier alpha value is -1.10. The molecular weight excluding hydrogens is 459 g/mol. The molecule has 1 unspecified atom stereocenters. The summed E-state index contributed by atoms with van der Waals surface area (Å²) < 4.78 is 0. The number of carbonyl (C=O) groups excluding carboxylic acids is 2. The van der Waals surface area contributed by atoms with Crippen LogP contribution >= 0.6 is 24.0 Å². The zero-order valence-electron chi connectivity index (χ0n) is 17.3. The van der Waals surface area contributed by atoms with Crippen molar-refractivity contribution in [3.63, 3.8) is 0 Å². The number of nitrogens with one attached hydrogen (secondary N) is 1. The van der Waals surface area contributed by atoms with Gasteiger partial charge in [0.05, 0.1) is 6.04 Å². The molecule has 0 aromatic heterocycles. The summed E-state index contributed by atoms with van der Waals surface area (Å²) in [5, 5.41) is 3.34. The molecule has 8 nitrogen and oxygen atoms in total. The van der Waals surface area contributed by atoms with Crippen molar-refractivity contribution in [3.8, 4) is 0 Å². The Labute approximate surface area is 180 Å². The second-order valence-electron chi connectivity index (χ2n) is 7.68. The topological polar surface area (TPSA) is 71.5 Å². The number of likely N-dealkylation sites (tertiary alicyclic amines) is 1. The third-order valence-corrected chi connectivity index (χ3v) is 4.98. The van der Waals surface area contributed by atoms with Gasteiger partial charge in [-0.3, -0.25) is 14.5 Å². The van der Waals surface area contributed by atoms with Crippen LogP contribution in [0.4, 0.5) is 0 Å². The summed E-state index contributed by atoms with van der Waals surface area (Å²) in [4.78, 5) is 36.9. The minimum Gasteiger partial charge on any atom is -0.354 e. The minimum atomic E-state index is -0.0221. The van der Waals surface area contributed by atoms with Gasteiger partial charge in [0.2, 0.25) is 11.8 Å². The van der Waals surface area contributed by atoms with Gasteiger partial charge >= 0.3 is 0 Å². The molecule has 0 radical (unpaired) electrons. The van der Waals surface area contributed by atoms with Crippen molar-refractivity contribution in [1.82, 2.24) is 24.9 Å². The molecule has 1 N–H and O–H groups in total. The Morgan fingerprint density at radius 3 is 2.19 bits per heavy atom. The van der Waals surface area contributed by atoms with Crippen molar-refractivity contribution in [2.75, 3.05) is 60.4 Å². The van der Waals surface area contributed by atoms with Gasteiger partial charge < -0.3 is 20.0 Å². The maximum absolute atomic E-state index is 12.7. The van der Waals surface area contributed by atoms with Gasteiger partial charge in [-0.15, -0.1) is 24.0 Å². The normalized spacial score (nSPS) is 21.3. The highest BCUT2D eigenvalue weighted by molar-refractivity contribution is 14.0. The highest BCUT2D eigenvalue weighted by Crippen LogP contribution is 2.18. The van der Waals surface area contributed by atoms with E-state index in [-0.39, 0.29) is 54.4 Å². The first-order valence-electron chi connectivity index (χ1n) is 9.54. The van der Waals surface area contributed by atoms with Crippen LogP contribution in [0.1, 0.15) is 26.7 Å². The fraction of sp³-hybridized carbons (Fsp3) is 0.833. The van der Waals surface area contributed by atoms with Crippen LogP contribution < -0.4 is 5.32 Å². The van der Waals surface area contributed by atoms with E-state index in [9.17, 15) is 9.59 Å². The van der Waals surface area contributed by atoms with Crippen LogP contribution in [0.2, 0.25) is 0 Å². The zero-order chi connectivity index (χ0) is 19.3. The lowest BCUT2D eigenvalue weighted by Gasteiger charge is -2.38. The molecule has 0 bridgehead atoms. The van der Waals surface area contributed by atoms with Crippen LogP contribution in [0.25, 0.3) is 0 Å². The molecule has 2 heterocycles. The molecule has 2 amide bonds. The fourth-order valence-corrected chi connectivity index (χ4v) is 3.35. The first-order valence-corrected chi connectivity index (χ1v) is 9.54. The number of rotatable bonds is 4. The Bertz CT molecular complexity index is 532. The molecule has 2 saturated heterocycles. The number of likely N-dealkylation sites (N-methyl/N-ethyl adjacent to an activating group) is 2. The van der Waals surface area contributed by atoms with Gasteiger partial charge in [0.25, 0.3) is 0 Å². The number of hydrogen-bond donors (Lipinski definition) is 1. The summed E-state index contributed by atoms with van der Waals surface area (Å²) in [5.74, 6) is 0.981. The number of guanidine groups is 1. The number of amides is 2. The average Bonchev–Trinajstić information content (AvgIpc) is 3.03. The number of piperazine rings is 1.